The van der Waals surface area contributed by atoms with Gasteiger partial charge in [0, 0.05) is 26.6 Å². The van der Waals surface area contributed by atoms with Crippen LogP contribution in [-0.4, -0.2) is 52.6 Å². The van der Waals surface area contributed by atoms with Crippen LogP contribution in [0, 0.1) is 5.92 Å². The molecule has 124 valence electrons. The second-order valence-electron chi connectivity index (χ2n) is 5.20. The molecule has 0 amide bonds. The van der Waals surface area contributed by atoms with E-state index < -0.39 is 28.3 Å². The van der Waals surface area contributed by atoms with E-state index in [1.807, 2.05) is 0 Å². The van der Waals surface area contributed by atoms with E-state index >= 15 is 0 Å². The van der Waals surface area contributed by atoms with Gasteiger partial charge in [-0.2, -0.15) is 4.31 Å². The Labute approximate surface area is 128 Å². The largest absolute Gasteiger partial charge is 0.497 e. The van der Waals surface area contributed by atoms with Crippen molar-refractivity contribution in [1.29, 1.82) is 0 Å². The molecule has 0 spiro atoms. The third-order valence-electron chi connectivity index (χ3n) is 3.78. The molecule has 1 aliphatic rings. The first kappa shape index (κ1) is 17.1. The number of methoxy groups -OCH3 is 2. The molecule has 5 nitrogen and oxygen atoms in total. The fourth-order valence-corrected chi connectivity index (χ4v) is 3.93. The van der Waals surface area contributed by atoms with Crippen LogP contribution in [0.15, 0.2) is 29.2 Å². The summed E-state index contributed by atoms with van der Waals surface area (Å²) in [6.45, 7) is -0.640. The van der Waals surface area contributed by atoms with Gasteiger partial charge in [-0.25, -0.2) is 17.2 Å². The van der Waals surface area contributed by atoms with Crippen LogP contribution in [0.1, 0.15) is 6.42 Å². The highest BCUT2D eigenvalue weighted by Gasteiger charge is 2.46. The van der Waals surface area contributed by atoms with Gasteiger partial charge in [0.25, 0.3) is 5.92 Å². The summed E-state index contributed by atoms with van der Waals surface area (Å²) in [7, 11) is -0.995. The molecule has 22 heavy (non-hydrogen) atoms. The Hall–Kier alpha value is -1.25. The predicted octanol–water partition coefficient (Wildman–Crippen LogP) is 1.99. The molecular weight excluding hydrogens is 316 g/mol. The molecule has 8 heteroatoms. The summed E-state index contributed by atoms with van der Waals surface area (Å²) in [4.78, 5) is 0.0645. The number of alkyl halides is 2. The van der Waals surface area contributed by atoms with E-state index in [2.05, 4.69) is 0 Å². The van der Waals surface area contributed by atoms with Gasteiger partial charge in [-0.3, -0.25) is 0 Å². The second kappa shape index (κ2) is 6.47. The number of rotatable bonds is 5. The molecule has 1 heterocycles. The van der Waals surface area contributed by atoms with Crippen LogP contribution in [-0.2, 0) is 14.8 Å². The number of hydrogen-bond donors (Lipinski definition) is 0. The van der Waals surface area contributed by atoms with Crippen LogP contribution in [0.3, 0.4) is 0 Å². The lowest BCUT2D eigenvalue weighted by molar-refractivity contribution is -0.112. The van der Waals surface area contributed by atoms with E-state index in [1.165, 1.54) is 38.5 Å². The molecule has 0 bridgehead atoms. The van der Waals surface area contributed by atoms with Crippen LogP contribution in [0.4, 0.5) is 8.78 Å². The molecule has 0 N–H and O–H groups in total. The van der Waals surface area contributed by atoms with E-state index in [-0.39, 0.29) is 24.6 Å². The number of hydrogen-bond acceptors (Lipinski definition) is 4. The number of benzene rings is 1. The van der Waals surface area contributed by atoms with Gasteiger partial charge >= 0.3 is 0 Å². The Morgan fingerprint density at radius 2 is 1.91 bits per heavy atom. The first-order valence-corrected chi connectivity index (χ1v) is 8.26. The Balaban J connectivity index is 2.22. The van der Waals surface area contributed by atoms with Gasteiger partial charge in [-0.1, -0.05) is 0 Å². The van der Waals surface area contributed by atoms with Crippen molar-refractivity contribution in [2.24, 2.45) is 5.92 Å². The summed E-state index contributed by atoms with van der Waals surface area (Å²) in [5, 5.41) is 0. The summed E-state index contributed by atoms with van der Waals surface area (Å²) >= 11 is 0. The van der Waals surface area contributed by atoms with Crippen LogP contribution in [0.25, 0.3) is 0 Å². The van der Waals surface area contributed by atoms with Crippen LogP contribution < -0.4 is 4.74 Å². The molecule has 1 saturated heterocycles. The average molecular weight is 335 g/mol. The van der Waals surface area contributed by atoms with Crippen molar-refractivity contribution in [3.8, 4) is 5.75 Å². The summed E-state index contributed by atoms with van der Waals surface area (Å²) < 4.78 is 63.6. The summed E-state index contributed by atoms with van der Waals surface area (Å²) in [6, 6.07) is 5.87. The van der Waals surface area contributed by atoms with Crippen LogP contribution in [0.2, 0.25) is 0 Å². The first-order chi connectivity index (χ1) is 10.3. The zero-order valence-electron chi connectivity index (χ0n) is 12.5. The molecule has 0 aromatic heterocycles. The molecule has 1 aromatic carbocycles. The van der Waals surface area contributed by atoms with E-state index in [1.54, 1.807) is 0 Å². The SMILES string of the molecule is COCC1CN(S(=O)(=O)c2ccc(OC)cc2)CCC1(F)F. The number of halogens is 2. The van der Waals surface area contributed by atoms with Crippen molar-refractivity contribution in [2.75, 3.05) is 33.9 Å². The normalized spacial score (nSPS) is 22.5. The minimum atomic E-state index is -3.80. The van der Waals surface area contributed by atoms with E-state index in [4.69, 9.17) is 9.47 Å². The Bertz CT molecular complexity index is 604. The third kappa shape index (κ3) is 3.39. The number of nitrogens with zero attached hydrogens (tertiary/aromatic N) is 1. The van der Waals surface area contributed by atoms with Gasteiger partial charge < -0.3 is 9.47 Å². The standard InChI is InChI=1S/C14H19F2NO4S/c1-20-10-11-9-17(8-7-14(11,15)16)22(18,19)13-5-3-12(21-2)4-6-13/h3-6,11H,7-10H2,1-2H3. The zero-order chi connectivity index (χ0) is 16.4. The van der Waals surface area contributed by atoms with Crippen molar-refractivity contribution >= 4 is 10.0 Å². The highest BCUT2D eigenvalue weighted by molar-refractivity contribution is 7.89. The molecule has 1 aliphatic heterocycles. The molecule has 0 saturated carbocycles. The maximum Gasteiger partial charge on any atom is 0.255 e. The third-order valence-corrected chi connectivity index (χ3v) is 5.66. The quantitative estimate of drug-likeness (QED) is 0.826. The molecular formula is C14H19F2NO4S. The average Bonchev–Trinajstić information content (AvgIpc) is 2.49. The second-order valence-corrected chi connectivity index (χ2v) is 7.14. The minimum Gasteiger partial charge on any atom is -0.497 e. The van der Waals surface area contributed by atoms with Crippen LogP contribution in [0.5, 0.6) is 5.75 Å². The fraction of sp³-hybridized carbons (Fsp3) is 0.571. The highest BCUT2D eigenvalue weighted by atomic mass is 32.2. The van der Waals surface area contributed by atoms with E-state index in [0.29, 0.717) is 5.75 Å². The molecule has 1 aromatic rings. The number of ether oxygens (including phenoxy) is 2. The van der Waals surface area contributed by atoms with Gasteiger partial charge in [0.2, 0.25) is 10.0 Å². The first-order valence-electron chi connectivity index (χ1n) is 6.82. The number of sulfonamides is 1. The molecule has 0 aliphatic carbocycles. The van der Waals surface area contributed by atoms with Gasteiger partial charge in [-0.05, 0) is 24.3 Å². The Kier molecular flexibility index (Phi) is 5.03. The lowest BCUT2D eigenvalue weighted by Crippen LogP contribution is -2.50. The van der Waals surface area contributed by atoms with Gasteiger partial charge in [0.1, 0.15) is 5.75 Å². The number of piperidine rings is 1. The van der Waals surface area contributed by atoms with Crippen LogP contribution >= 0.6 is 0 Å². The Morgan fingerprint density at radius 3 is 2.45 bits per heavy atom. The maximum absolute atomic E-state index is 13.8. The summed E-state index contributed by atoms with van der Waals surface area (Å²) in [5.41, 5.74) is 0. The predicted molar refractivity (Wildman–Crippen MR) is 76.7 cm³/mol. The monoisotopic (exact) mass is 335 g/mol. The van der Waals surface area contributed by atoms with Gasteiger partial charge in [0.15, 0.2) is 0 Å². The summed E-state index contributed by atoms with van der Waals surface area (Å²) in [5.74, 6) is -3.53. The molecule has 1 unspecified atom stereocenters. The van der Waals surface area contributed by atoms with Crippen molar-refractivity contribution in [1.82, 2.24) is 4.31 Å². The van der Waals surface area contributed by atoms with Gasteiger partial charge in [0.05, 0.1) is 24.5 Å². The minimum absolute atomic E-state index is 0.0645. The molecule has 1 fully saturated rings. The molecule has 1 atom stereocenters. The lowest BCUT2D eigenvalue weighted by Gasteiger charge is -2.37. The molecule has 2 rings (SSSR count). The Morgan fingerprint density at radius 1 is 1.27 bits per heavy atom. The van der Waals surface area contributed by atoms with Gasteiger partial charge in [-0.15, -0.1) is 0 Å². The summed E-state index contributed by atoms with van der Waals surface area (Å²) in [6.07, 6.45) is -0.504. The smallest absolute Gasteiger partial charge is 0.255 e. The highest BCUT2D eigenvalue weighted by Crippen LogP contribution is 2.35. The lowest BCUT2D eigenvalue weighted by atomic mass is 9.96. The maximum atomic E-state index is 13.8. The van der Waals surface area contributed by atoms with E-state index in [9.17, 15) is 17.2 Å². The van der Waals surface area contributed by atoms with E-state index in [0.717, 1.165) is 4.31 Å². The van der Waals surface area contributed by atoms with Crippen molar-refractivity contribution in [3.63, 3.8) is 0 Å². The van der Waals surface area contributed by atoms with Crippen molar-refractivity contribution in [3.05, 3.63) is 24.3 Å². The fourth-order valence-electron chi connectivity index (χ4n) is 2.44. The topological polar surface area (TPSA) is 55.8 Å². The van der Waals surface area contributed by atoms with Crippen molar-refractivity contribution in [2.45, 2.75) is 17.2 Å². The molecule has 0 radical (unpaired) electrons. The zero-order valence-corrected chi connectivity index (χ0v) is 13.3. The van der Waals surface area contributed by atoms with Crippen molar-refractivity contribution < 1.29 is 26.7 Å².